The summed E-state index contributed by atoms with van der Waals surface area (Å²) in [6.07, 6.45) is -4.49. The minimum absolute atomic E-state index is 0.0167. The minimum Gasteiger partial charge on any atom is -0.487 e. The van der Waals surface area contributed by atoms with Crippen LogP contribution in [0.3, 0.4) is 0 Å². The molecule has 0 spiro atoms. The SMILES string of the molecule is Cc1cccc(COc2ccc(CCl)cc2C(F)(F)F)n1. The van der Waals surface area contributed by atoms with Crippen molar-refractivity contribution < 1.29 is 17.9 Å². The molecule has 1 heterocycles. The summed E-state index contributed by atoms with van der Waals surface area (Å²) < 4.78 is 44.3. The van der Waals surface area contributed by atoms with Crippen LogP contribution in [0.1, 0.15) is 22.5 Å². The molecule has 0 aliphatic carbocycles. The number of aryl methyl sites for hydroxylation is 1. The van der Waals surface area contributed by atoms with Gasteiger partial charge < -0.3 is 4.74 Å². The fraction of sp³-hybridized carbons (Fsp3) is 0.267. The molecule has 2 nitrogen and oxygen atoms in total. The van der Waals surface area contributed by atoms with Gasteiger partial charge >= 0.3 is 6.18 Å². The second-order valence-electron chi connectivity index (χ2n) is 4.52. The largest absolute Gasteiger partial charge is 0.487 e. The number of hydrogen-bond acceptors (Lipinski definition) is 2. The first-order chi connectivity index (χ1) is 9.90. The quantitative estimate of drug-likeness (QED) is 0.761. The van der Waals surface area contributed by atoms with Crippen LogP contribution in [0.15, 0.2) is 36.4 Å². The summed E-state index contributed by atoms with van der Waals surface area (Å²) in [5, 5.41) is 0. The van der Waals surface area contributed by atoms with E-state index in [1.54, 1.807) is 25.1 Å². The number of hydrogen-bond donors (Lipinski definition) is 0. The Morgan fingerprint density at radius 2 is 1.95 bits per heavy atom. The fourth-order valence-electron chi connectivity index (χ4n) is 1.84. The van der Waals surface area contributed by atoms with Crippen LogP contribution < -0.4 is 4.74 Å². The maximum atomic E-state index is 13.0. The van der Waals surface area contributed by atoms with E-state index in [2.05, 4.69) is 4.98 Å². The van der Waals surface area contributed by atoms with Gasteiger partial charge in [0.2, 0.25) is 0 Å². The van der Waals surface area contributed by atoms with Crippen molar-refractivity contribution in [2.24, 2.45) is 0 Å². The molecule has 0 bridgehead atoms. The molecule has 0 N–H and O–H groups in total. The van der Waals surface area contributed by atoms with Gasteiger partial charge in [-0.2, -0.15) is 13.2 Å². The molecular formula is C15H13ClF3NO. The topological polar surface area (TPSA) is 22.1 Å². The summed E-state index contributed by atoms with van der Waals surface area (Å²) >= 11 is 5.57. The highest BCUT2D eigenvalue weighted by Gasteiger charge is 2.34. The molecule has 2 rings (SSSR count). The molecule has 0 atom stereocenters. The molecule has 0 saturated carbocycles. The molecule has 1 aromatic heterocycles. The summed E-state index contributed by atoms with van der Waals surface area (Å²) in [4.78, 5) is 4.19. The predicted molar refractivity (Wildman–Crippen MR) is 74.3 cm³/mol. The van der Waals surface area contributed by atoms with E-state index in [0.717, 1.165) is 11.8 Å². The fourth-order valence-corrected chi connectivity index (χ4v) is 2.01. The molecule has 2 aromatic rings. The third kappa shape index (κ3) is 4.11. The van der Waals surface area contributed by atoms with Gasteiger partial charge in [0.25, 0.3) is 0 Å². The molecule has 0 fully saturated rings. The Labute approximate surface area is 125 Å². The van der Waals surface area contributed by atoms with E-state index >= 15 is 0 Å². The first-order valence-corrected chi connectivity index (χ1v) is 6.75. The summed E-state index contributed by atoms with van der Waals surface area (Å²) in [6, 6.07) is 9.10. The van der Waals surface area contributed by atoms with Crippen LogP contribution in [0.4, 0.5) is 13.2 Å². The number of alkyl halides is 4. The lowest BCUT2D eigenvalue weighted by Crippen LogP contribution is -2.10. The van der Waals surface area contributed by atoms with Gasteiger partial charge in [-0.05, 0) is 36.8 Å². The van der Waals surface area contributed by atoms with Gasteiger partial charge in [-0.25, -0.2) is 0 Å². The van der Waals surface area contributed by atoms with E-state index in [1.807, 2.05) is 0 Å². The second-order valence-corrected chi connectivity index (χ2v) is 4.79. The van der Waals surface area contributed by atoms with Gasteiger partial charge in [0.05, 0.1) is 11.3 Å². The number of nitrogens with zero attached hydrogens (tertiary/aromatic N) is 1. The van der Waals surface area contributed by atoms with E-state index < -0.39 is 11.7 Å². The van der Waals surface area contributed by atoms with Crippen LogP contribution in [0, 0.1) is 6.92 Å². The van der Waals surface area contributed by atoms with Crippen molar-refractivity contribution in [1.29, 1.82) is 0 Å². The normalized spacial score (nSPS) is 11.5. The van der Waals surface area contributed by atoms with Gasteiger partial charge in [-0.3, -0.25) is 4.98 Å². The van der Waals surface area contributed by atoms with Gasteiger partial charge in [-0.1, -0.05) is 12.1 Å². The van der Waals surface area contributed by atoms with E-state index in [4.69, 9.17) is 16.3 Å². The van der Waals surface area contributed by atoms with Crippen LogP contribution in [0.25, 0.3) is 0 Å². The highest BCUT2D eigenvalue weighted by atomic mass is 35.5. The summed E-state index contributed by atoms with van der Waals surface area (Å²) in [7, 11) is 0. The summed E-state index contributed by atoms with van der Waals surface area (Å²) in [5.74, 6) is -0.206. The van der Waals surface area contributed by atoms with Crippen molar-refractivity contribution in [1.82, 2.24) is 4.98 Å². The predicted octanol–water partition coefficient (Wildman–Crippen LogP) is 4.73. The molecule has 0 aliphatic rings. The van der Waals surface area contributed by atoms with Crippen molar-refractivity contribution >= 4 is 11.6 Å². The molecule has 0 radical (unpaired) electrons. The molecule has 0 unspecified atom stereocenters. The number of aromatic nitrogens is 1. The maximum absolute atomic E-state index is 13.0. The van der Waals surface area contributed by atoms with Crippen molar-refractivity contribution in [2.75, 3.05) is 0 Å². The Balaban J connectivity index is 2.23. The van der Waals surface area contributed by atoms with Crippen molar-refractivity contribution in [2.45, 2.75) is 25.6 Å². The first kappa shape index (κ1) is 15.6. The van der Waals surface area contributed by atoms with Crippen molar-refractivity contribution in [3.05, 3.63) is 58.9 Å². The van der Waals surface area contributed by atoms with Crippen LogP contribution in [0.2, 0.25) is 0 Å². The Bertz CT molecular complexity index is 629. The molecule has 0 amide bonds. The van der Waals surface area contributed by atoms with Crippen LogP contribution >= 0.6 is 11.6 Å². The lowest BCUT2D eigenvalue weighted by atomic mass is 10.1. The van der Waals surface area contributed by atoms with Gasteiger partial charge in [0.1, 0.15) is 12.4 Å². The second kappa shape index (κ2) is 6.35. The standard InChI is InChI=1S/C15H13ClF3NO/c1-10-3-2-4-12(20-10)9-21-14-6-5-11(8-16)7-13(14)15(17,18)19/h2-7H,8-9H2,1H3. The average Bonchev–Trinajstić information content (AvgIpc) is 2.44. The molecular weight excluding hydrogens is 303 g/mol. The Hall–Kier alpha value is -1.75. The number of ether oxygens (including phenoxy) is 1. The first-order valence-electron chi connectivity index (χ1n) is 6.21. The molecule has 6 heteroatoms. The Morgan fingerprint density at radius 3 is 2.57 bits per heavy atom. The van der Waals surface area contributed by atoms with Gasteiger partial charge in [0, 0.05) is 11.6 Å². The average molecular weight is 316 g/mol. The number of benzene rings is 1. The van der Waals surface area contributed by atoms with Crippen LogP contribution in [-0.4, -0.2) is 4.98 Å². The third-order valence-electron chi connectivity index (χ3n) is 2.83. The van der Waals surface area contributed by atoms with Crippen molar-refractivity contribution in [3.8, 4) is 5.75 Å². The zero-order chi connectivity index (χ0) is 15.5. The van der Waals surface area contributed by atoms with Crippen LogP contribution in [0.5, 0.6) is 5.75 Å². The Kier molecular flexibility index (Phi) is 4.73. The minimum atomic E-state index is -4.49. The van der Waals surface area contributed by atoms with Crippen molar-refractivity contribution in [3.63, 3.8) is 0 Å². The van der Waals surface area contributed by atoms with E-state index in [9.17, 15) is 13.2 Å². The van der Waals surface area contributed by atoms with Crippen LogP contribution in [-0.2, 0) is 18.7 Å². The molecule has 0 aliphatic heterocycles. The molecule has 0 saturated heterocycles. The Morgan fingerprint density at radius 1 is 1.19 bits per heavy atom. The zero-order valence-corrected chi connectivity index (χ0v) is 12.0. The van der Waals surface area contributed by atoms with Gasteiger partial charge in [-0.15, -0.1) is 11.6 Å². The van der Waals surface area contributed by atoms with E-state index in [1.165, 1.54) is 12.1 Å². The lowest BCUT2D eigenvalue weighted by Gasteiger charge is -2.15. The highest BCUT2D eigenvalue weighted by Crippen LogP contribution is 2.37. The summed E-state index contributed by atoms with van der Waals surface area (Å²) in [5.41, 5.74) is 0.924. The smallest absolute Gasteiger partial charge is 0.419 e. The van der Waals surface area contributed by atoms with Gasteiger partial charge in [0.15, 0.2) is 0 Å². The van der Waals surface area contributed by atoms with E-state index in [-0.39, 0.29) is 18.2 Å². The maximum Gasteiger partial charge on any atom is 0.419 e. The third-order valence-corrected chi connectivity index (χ3v) is 3.13. The van der Waals surface area contributed by atoms with E-state index in [0.29, 0.717) is 11.3 Å². The molecule has 21 heavy (non-hydrogen) atoms. The zero-order valence-electron chi connectivity index (χ0n) is 11.2. The number of pyridine rings is 1. The molecule has 1 aromatic carbocycles. The number of halogens is 4. The highest BCUT2D eigenvalue weighted by molar-refractivity contribution is 6.17. The monoisotopic (exact) mass is 315 g/mol. The summed E-state index contributed by atoms with van der Waals surface area (Å²) in [6.45, 7) is 1.78. The lowest BCUT2D eigenvalue weighted by molar-refractivity contribution is -0.139. The number of rotatable bonds is 4. The molecule has 112 valence electrons.